The first-order chi connectivity index (χ1) is 18.8. The van der Waals surface area contributed by atoms with Crippen molar-refractivity contribution in [3.63, 3.8) is 0 Å². The molecule has 0 bridgehead atoms. The highest BCUT2D eigenvalue weighted by atomic mass is 16.5. The van der Waals surface area contributed by atoms with Crippen LogP contribution in [0.2, 0.25) is 0 Å². The van der Waals surface area contributed by atoms with Gasteiger partial charge >= 0.3 is 24.0 Å². The summed E-state index contributed by atoms with van der Waals surface area (Å²) < 4.78 is 10.5. The number of imide groups is 2. The van der Waals surface area contributed by atoms with E-state index in [-0.39, 0.29) is 24.4 Å². The van der Waals surface area contributed by atoms with Crippen molar-refractivity contribution in [2.75, 3.05) is 27.3 Å². The van der Waals surface area contributed by atoms with Crippen molar-refractivity contribution in [2.24, 2.45) is 0 Å². The molecule has 0 saturated carbocycles. The van der Waals surface area contributed by atoms with Crippen LogP contribution in [0.5, 0.6) is 0 Å². The van der Waals surface area contributed by atoms with Crippen molar-refractivity contribution in [3.05, 3.63) is 57.9 Å². The number of nitrogens with zero attached hydrogens (tertiary/aromatic N) is 4. The normalized spacial score (nSPS) is 19.8. The van der Waals surface area contributed by atoms with Crippen molar-refractivity contribution in [1.29, 1.82) is 0 Å². The van der Waals surface area contributed by atoms with Crippen LogP contribution in [0.4, 0.5) is 9.59 Å². The summed E-state index contributed by atoms with van der Waals surface area (Å²) in [5.74, 6) is -2.50. The molecule has 0 aromatic heterocycles. The maximum atomic E-state index is 13.1. The Bertz CT molecular complexity index is 1230. The van der Waals surface area contributed by atoms with Crippen LogP contribution >= 0.6 is 0 Å². The van der Waals surface area contributed by atoms with Gasteiger partial charge in [-0.1, -0.05) is 24.3 Å². The number of esters is 2. The van der Waals surface area contributed by atoms with Gasteiger partial charge in [0.1, 0.15) is 12.1 Å². The van der Waals surface area contributed by atoms with Gasteiger partial charge in [-0.15, -0.1) is 0 Å². The SMILES string of the molecule is CCOC(=O)C1=C(C)N(C)C(=O)N(C(C)=O)C1c1ccc(C2C(C(=O)OCC)=C(C)N(C)C(=O)N2C(C)=O)cc1. The molecule has 40 heavy (non-hydrogen) atoms. The zero-order valence-corrected chi connectivity index (χ0v) is 23.9. The van der Waals surface area contributed by atoms with Crippen LogP contribution in [0.25, 0.3) is 0 Å². The summed E-state index contributed by atoms with van der Waals surface area (Å²) in [5, 5.41) is 0. The average molecular weight is 555 g/mol. The van der Waals surface area contributed by atoms with Crippen molar-refractivity contribution in [2.45, 2.75) is 53.6 Å². The van der Waals surface area contributed by atoms with Crippen LogP contribution < -0.4 is 0 Å². The summed E-state index contributed by atoms with van der Waals surface area (Å²) in [6.07, 6.45) is 0. The number of hydrogen-bond acceptors (Lipinski definition) is 8. The molecule has 0 fully saturated rings. The Hall–Kier alpha value is -4.48. The molecular formula is C28H34N4O8. The minimum absolute atomic E-state index is 0.0896. The van der Waals surface area contributed by atoms with Gasteiger partial charge in [-0.2, -0.15) is 0 Å². The lowest BCUT2D eigenvalue weighted by Crippen LogP contribution is -2.51. The lowest BCUT2D eigenvalue weighted by molar-refractivity contribution is -0.141. The number of ether oxygens (including phenoxy) is 2. The smallest absolute Gasteiger partial charge is 0.338 e. The fraction of sp³-hybridized carbons (Fsp3) is 0.429. The maximum absolute atomic E-state index is 13.1. The third-order valence-electron chi connectivity index (χ3n) is 7.07. The van der Waals surface area contributed by atoms with Crippen molar-refractivity contribution in [3.8, 4) is 0 Å². The molecule has 2 aliphatic rings. The van der Waals surface area contributed by atoms with Gasteiger partial charge in [-0.05, 0) is 38.8 Å². The quantitative estimate of drug-likeness (QED) is 0.489. The molecule has 12 heteroatoms. The standard InChI is InChI=1S/C28H34N4O8/c1-9-39-25(35)21-15(3)29(7)27(37)31(17(5)33)23(21)19-11-13-20(14-12-19)24-22(26(36)40-10-2)16(4)30(8)28(38)32(24)18(6)34/h11-14,23-24H,9-10H2,1-8H3. The first kappa shape index (κ1) is 30.1. The molecule has 1 aromatic carbocycles. The summed E-state index contributed by atoms with van der Waals surface area (Å²) in [4.78, 5) is 81.9. The Kier molecular flexibility index (Phi) is 8.81. The van der Waals surface area contributed by atoms with Crippen molar-refractivity contribution < 1.29 is 38.2 Å². The lowest BCUT2D eigenvalue weighted by Gasteiger charge is -2.41. The van der Waals surface area contributed by atoms with Gasteiger partial charge in [-0.25, -0.2) is 19.2 Å². The summed E-state index contributed by atoms with van der Waals surface area (Å²) in [5.41, 5.74) is 1.73. The van der Waals surface area contributed by atoms with Crippen LogP contribution in [-0.2, 0) is 28.7 Å². The van der Waals surface area contributed by atoms with Crippen LogP contribution in [0.1, 0.15) is 64.8 Å². The van der Waals surface area contributed by atoms with E-state index in [9.17, 15) is 28.8 Å². The minimum atomic E-state index is -1.08. The Morgan fingerprint density at radius 3 is 1.23 bits per heavy atom. The number of amides is 6. The molecular weight excluding hydrogens is 520 g/mol. The average Bonchev–Trinajstić information content (AvgIpc) is 2.89. The topological polar surface area (TPSA) is 134 Å². The molecule has 0 N–H and O–H groups in total. The molecule has 2 unspecified atom stereocenters. The number of allylic oxidation sites excluding steroid dienone is 2. The molecule has 2 atom stereocenters. The Morgan fingerprint density at radius 2 is 0.975 bits per heavy atom. The summed E-state index contributed by atoms with van der Waals surface area (Å²) in [7, 11) is 2.93. The molecule has 6 amide bonds. The highest BCUT2D eigenvalue weighted by molar-refractivity contribution is 6.02. The molecule has 0 radical (unpaired) electrons. The van der Waals surface area contributed by atoms with E-state index in [0.29, 0.717) is 22.5 Å². The molecule has 2 aliphatic heterocycles. The third kappa shape index (κ3) is 5.08. The number of urea groups is 2. The second-order valence-corrected chi connectivity index (χ2v) is 9.37. The molecule has 0 spiro atoms. The Morgan fingerprint density at radius 1 is 0.675 bits per heavy atom. The monoisotopic (exact) mass is 554 g/mol. The van der Waals surface area contributed by atoms with Gasteiger partial charge in [0.2, 0.25) is 11.8 Å². The van der Waals surface area contributed by atoms with Gasteiger partial charge in [0.05, 0.1) is 24.4 Å². The molecule has 0 aliphatic carbocycles. The van der Waals surface area contributed by atoms with Crippen LogP contribution in [-0.4, -0.2) is 82.7 Å². The largest absolute Gasteiger partial charge is 0.463 e. The fourth-order valence-corrected chi connectivity index (χ4v) is 4.91. The second kappa shape index (κ2) is 11.7. The first-order valence-corrected chi connectivity index (χ1v) is 12.8. The maximum Gasteiger partial charge on any atom is 0.338 e. The lowest BCUT2D eigenvalue weighted by atomic mass is 9.89. The van der Waals surface area contributed by atoms with E-state index in [1.54, 1.807) is 52.0 Å². The molecule has 3 rings (SSSR count). The Balaban J connectivity index is 2.21. The first-order valence-electron chi connectivity index (χ1n) is 12.8. The van der Waals surface area contributed by atoms with E-state index in [0.717, 1.165) is 9.80 Å². The van der Waals surface area contributed by atoms with Gasteiger partial charge in [0.15, 0.2) is 0 Å². The summed E-state index contributed by atoms with van der Waals surface area (Å²) >= 11 is 0. The second-order valence-electron chi connectivity index (χ2n) is 9.37. The van der Waals surface area contributed by atoms with Gasteiger partial charge in [-0.3, -0.25) is 19.4 Å². The molecule has 214 valence electrons. The molecule has 1 aromatic rings. The van der Waals surface area contributed by atoms with E-state index < -0.39 is 47.9 Å². The van der Waals surface area contributed by atoms with Crippen LogP contribution in [0.3, 0.4) is 0 Å². The number of hydrogen-bond donors (Lipinski definition) is 0. The highest BCUT2D eigenvalue weighted by Gasteiger charge is 2.45. The van der Waals surface area contributed by atoms with Crippen molar-refractivity contribution >= 4 is 35.8 Å². The van der Waals surface area contributed by atoms with E-state index in [4.69, 9.17) is 9.47 Å². The van der Waals surface area contributed by atoms with Gasteiger partial charge in [0, 0.05) is 39.3 Å². The Labute approximate surface area is 232 Å². The zero-order valence-electron chi connectivity index (χ0n) is 23.9. The van der Waals surface area contributed by atoms with Crippen molar-refractivity contribution in [1.82, 2.24) is 19.6 Å². The van der Waals surface area contributed by atoms with Gasteiger partial charge < -0.3 is 19.3 Å². The molecule has 12 nitrogen and oxygen atoms in total. The van der Waals surface area contributed by atoms with Crippen LogP contribution in [0, 0.1) is 0 Å². The van der Waals surface area contributed by atoms with E-state index in [2.05, 4.69) is 0 Å². The summed E-state index contributed by atoms with van der Waals surface area (Å²) in [6, 6.07) is 2.94. The highest BCUT2D eigenvalue weighted by Crippen LogP contribution is 2.40. The predicted molar refractivity (Wildman–Crippen MR) is 142 cm³/mol. The molecule has 0 saturated heterocycles. The van der Waals surface area contributed by atoms with Crippen LogP contribution in [0.15, 0.2) is 46.8 Å². The van der Waals surface area contributed by atoms with Gasteiger partial charge in [0.25, 0.3) is 0 Å². The number of carbonyl (C=O) groups is 6. The minimum Gasteiger partial charge on any atom is -0.463 e. The molecule has 2 heterocycles. The number of carbonyl (C=O) groups excluding carboxylic acids is 6. The van der Waals surface area contributed by atoms with E-state index in [1.807, 2.05) is 0 Å². The van der Waals surface area contributed by atoms with E-state index in [1.165, 1.54) is 37.7 Å². The third-order valence-corrected chi connectivity index (χ3v) is 7.07. The van der Waals surface area contributed by atoms with E-state index >= 15 is 0 Å². The number of benzene rings is 1. The predicted octanol–water partition coefficient (Wildman–Crippen LogP) is 3.27. The number of rotatable bonds is 6. The zero-order chi connectivity index (χ0) is 30.0. The fourth-order valence-electron chi connectivity index (χ4n) is 4.91. The summed E-state index contributed by atoms with van der Waals surface area (Å²) in [6.45, 7) is 9.12.